The molecule has 0 aliphatic carbocycles. The third-order valence-corrected chi connectivity index (χ3v) is 4.04. The van der Waals surface area contributed by atoms with Gasteiger partial charge in [-0.1, -0.05) is 29.8 Å². The number of hydrogen-bond donors (Lipinski definition) is 1. The van der Waals surface area contributed by atoms with Gasteiger partial charge in [0.05, 0.1) is 24.8 Å². The zero-order valence-electron chi connectivity index (χ0n) is 9.53. The van der Waals surface area contributed by atoms with Crippen LogP contribution in [-0.2, 0) is 16.1 Å². The first-order chi connectivity index (χ1) is 8.33. The van der Waals surface area contributed by atoms with Crippen molar-refractivity contribution in [2.75, 3.05) is 20.3 Å². The molecule has 0 radical (unpaired) electrons. The quantitative estimate of drug-likeness (QED) is 0.646. The van der Waals surface area contributed by atoms with Gasteiger partial charge in [-0.2, -0.15) is 5.48 Å². The first-order valence-electron chi connectivity index (χ1n) is 5.32. The Morgan fingerprint density at radius 2 is 2.12 bits per heavy atom. The van der Waals surface area contributed by atoms with Crippen LogP contribution in [0.3, 0.4) is 0 Å². The van der Waals surface area contributed by atoms with Gasteiger partial charge < -0.3 is 4.74 Å². The third-order valence-electron chi connectivity index (χ3n) is 2.33. The fourth-order valence-corrected chi connectivity index (χ4v) is 2.92. The van der Waals surface area contributed by atoms with Crippen LogP contribution in [0.25, 0.3) is 10.1 Å². The van der Waals surface area contributed by atoms with Gasteiger partial charge in [-0.05, 0) is 6.07 Å². The summed E-state index contributed by atoms with van der Waals surface area (Å²) in [5.41, 5.74) is 2.88. The Morgan fingerprint density at radius 3 is 2.88 bits per heavy atom. The Bertz CT molecular complexity index is 486. The van der Waals surface area contributed by atoms with E-state index in [0.717, 1.165) is 15.3 Å². The normalized spacial score (nSPS) is 11.2. The molecule has 2 rings (SSSR count). The summed E-state index contributed by atoms with van der Waals surface area (Å²) in [5, 5.41) is 1.92. The number of fused-ring (bicyclic) bond motifs is 1. The summed E-state index contributed by atoms with van der Waals surface area (Å²) in [5.74, 6) is 0. The van der Waals surface area contributed by atoms with Gasteiger partial charge in [0.1, 0.15) is 0 Å². The van der Waals surface area contributed by atoms with Gasteiger partial charge in [0.25, 0.3) is 0 Å². The van der Waals surface area contributed by atoms with Crippen LogP contribution in [0.1, 0.15) is 4.88 Å². The number of thiophene rings is 1. The third kappa shape index (κ3) is 3.18. The molecular formula is C12H14ClNO2S. The molecule has 0 aliphatic rings. The average Bonchev–Trinajstić information content (AvgIpc) is 2.67. The second-order valence-electron chi connectivity index (χ2n) is 3.50. The van der Waals surface area contributed by atoms with E-state index in [1.165, 1.54) is 4.70 Å². The number of rotatable bonds is 6. The zero-order chi connectivity index (χ0) is 12.1. The highest BCUT2D eigenvalue weighted by Crippen LogP contribution is 2.34. The molecule has 5 heteroatoms. The molecule has 17 heavy (non-hydrogen) atoms. The maximum atomic E-state index is 6.29. The van der Waals surface area contributed by atoms with Crippen molar-refractivity contribution in [2.45, 2.75) is 6.54 Å². The van der Waals surface area contributed by atoms with E-state index in [4.69, 9.17) is 21.2 Å². The molecule has 0 unspecified atom stereocenters. The number of benzene rings is 1. The van der Waals surface area contributed by atoms with E-state index in [9.17, 15) is 0 Å². The van der Waals surface area contributed by atoms with Gasteiger partial charge >= 0.3 is 0 Å². The minimum atomic E-state index is 0.527. The molecule has 0 saturated heterocycles. The van der Waals surface area contributed by atoms with Crippen LogP contribution in [0.4, 0.5) is 0 Å². The molecule has 0 amide bonds. The van der Waals surface area contributed by atoms with Crippen molar-refractivity contribution in [1.82, 2.24) is 5.48 Å². The SMILES string of the molecule is COCCONCc1sc2ccccc2c1Cl. The van der Waals surface area contributed by atoms with Gasteiger partial charge in [0, 0.05) is 22.1 Å². The Hall–Kier alpha value is -0.650. The minimum absolute atomic E-state index is 0.527. The standard InChI is InChI=1S/C12H14ClNO2S/c1-15-6-7-16-14-8-11-12(13)9-4-2-3-5-10(9)17-11/h2-5,14H,6-8H2,1H3. The van der Waals surface area contributed by atoms with Gasteiger partial charge in [-0.25, -0.2) is 0 Å². The number of nitrogens with one attached hydrogen (secondary N) is 1. The first-order valence-corrected chi connectivity index (χ1v) is 6.52. The lowest BCUT2D eigenvalue weighted by Crippen LogP contribution is -2.16. The molecule has 1 heterocycles. The smallest absolute Gasteiger partial charge is 0.0916 e. The molecule has 0 bridgehead atoms. The monoisotopic (exact) mass is 271 g/mol. The summed E-state index contributed by atoms with van der Waals surface area (Å²) >= 11 is 7.97. The van der Waals surface area contributed by atoms with Crippen molar-refractivity contribution in [2.24, 2.45) is 0 Å². The molecule has 1 aromatic carbocycles. The summed E-state index contributed by atoms with van der Waals surface area (Å²) in [6, 6.07) is 8.11. The van der Waals surface area contributed by atoms with Crippen LogP contribution in [0.5, 0.6) is 0 Å². The molecule has 3 nitrogen and oxygen atoms in total. The predicted octanol–water partition coefficient (Wildman–Crippen LogP) is 3.22. The van der Waals surface area contributed by atoms with Crippen LogP contribution >= 0.6 is 22.9 Å². The molecule has 0 saturated carbocycles. The van der Waals surface area contributed by atoms with E-state index < -0.39 is 0 Å². The maximum Gasteiger partial charge on any atom is 0.0916 e. The number of halogens is 1. The highest BCUT2D eigenvalue weighted by Gasteiger charge is 2.08. The average molecular weight is 272 g/mol. The van der Waals surface area contributed by atoms with Crippen LogP contribution < -0.4 is 5.48 Å². The lowest BCUT2D eigenvalue weighted by Gasteiger charge is -2.03. The maximum absolute atomic E-state index is 6.29. The first kappa shape index (κ1) is 12.8. The Morgan fingerprint density at radius 1 is 1.29 bits per heavy atom. The van der Waals surface area contributed by atoms with Crippen molar-refractivity contribution < 1.29 is 9.57 Å². The van der Waals surface area contributed by atoms with Crippen LogP contribution in [0.2, 0.25) is 5.02 Å². The Labute approximate surface area is 109 Å². The molecule has 92 valence electrons. The second kappa shape index (κ2) is 6.33. The summed E-state index contributed by atoms with van der Waals surface area (Å²) in [4.78, 5) is 6.29. The summed E-state index contributed by atoms with van der Waals surface area (Å²) in [6.07, 6.45) is 0. The fourth-order valence-electron chi connectivity index (χ4n) is 1.49. The Kier molecular flexibility index (Phi) is 4.76. The van der Waals surface area contributed by atoms with Gasteiger partial charge in [0.15, 0.2) is 0 Å². The predicted molar refractivity (Wildman–Crippen MR) is 71.5 cm³/mol. The van der Waals surface area contributed by atoms with Crippen molar-refractivity contribution in [3.63, 3.8) is 0 Å². The Balaban J connectivity index is 1.97. The van der Waals surface area contributed by atoms with Crippen molar-refractivity contribution >= 4 is 33.0 Å². The molecule has 1 N–H and O–H groups in total. The van der Waals surface area contributed by atoms with E-state index >= 15 is 0 Å². The zero-order valence-corrected chi connectivity index (χ0v) is 11.1. The number of hydrogen-bond acceptors (Lipinski definition) is 4. The largest absolute Gasteiger partial charge is 0.382 e. The lowest BCUT2D eigenvalue weighted by atomic mass is 10.2. The fraction of sp³-hybridized carbons (Fsp3) is 0.333. The molecule has 0 aliphatic heterocycles. The number of methoxy groups -OCH3 is 1. The highest BCUT2D eigenvalue weighted by molar-refractivity contribution is 7.19. The van der Waals surface area contributed by atoms with E-state index in [-0.39, 0.29) is 0 Å². The summed E-state index contributed by atoms with van der Waals surface area (Å²) < 4.78 is 6.08. The molecule has 1 aromatic heterocycles. The number of ether oxygens (including phenoxy) is 1. The summed E-state index contributed by atoms with van der Waals surface area (Å²) in [6.45, 7) is 1.72. The topological polar surface area (TPSA) is 30.5 Å². The van der Waals surface area contributed by atoms with Crippen molar-refractivity contribution in [3.8, 4) is 0 Å². The molecular weight excluding hydrogens is 258 g/mol. The molecule has 2 aromatic rings. The minimum Gasteiger partial charge on any atom is -0.382 e. The molecule has 0 fully saturated rings. The van der Waals surface area contributed by atoms with E-state index in [1.807, 2.05) is 18.2 Å². The van der Waals surface area contributed by atoms with Gasteiger partial charge in [0.2, 0.25) is 0 Å². The van der Waals surface area contributed by atoms with Gasteiger partial charge in [-0.15, -0.1) is 11.3 Å². The van der Waals surface area contributed by atoms with Crippen LogP contribution in [-0.4, -0.2) is 20.3 Å². The van der Waals surface area contributed by atoms with Gasteiger partial charge in [-0.3, -0.25) is 4.84 Å². The summed E-state index contributed by atoms with van der Waals surface area (Å²) in [7, 11) is 1.65. The van der Waals surface area contributed by atoms with Crippen LogP contribution in [0, 0.1) is 0 Å². The van der Waals surface area contributed by atoms with E-state index in [2.05, 4.69) is 11.5 Å². The second-order valence-corrected chi connectivity index (χ2v) is 5.01. The highest BCUT2D eigenvalue weighted by atomic mass is 35.5. The van der Waals surface area contributed by atoms with E-state index in [1.54, 1.807) is 18.4 Å². The van der Waals surface area contributed by atoms with Crippen molar-refractivity contribution in [1.29, 1.82) is 0 Å². The lowest BCUT2D eigenvalue weighted by molar-refractivity contribution is 0.00389. The van der Waals surface area contributed by atoms with Crippen molar-refractivity contribution in [3.05, 3.63) is 34.2 Å². The molecule has 0 atom stereocenters. The van der Waals surface area contributed by atoms with Crippen LogP contribution in [0.15, 0.2) is 24.3 Å². The molecule has 0 spiro atoms. The number of hydroxylamine groups is 1. The van der Waals surface area contributed by atoms with E-state index in [0.29, 0.717) is 19.8 Å².